The Morgan fingerprint density at radius 1 is 0.489 bits per heavy atom. The molecule has 2 aliphatic rings. The van der Waals surface area contributed by atoms with Gasteiger partial charge in [-0.1, -0.05) is 109 Å². The Morgan fingerprint density at radius 2 is 1.04 bits per heavy atom. The maximum Gasteiger partial charge on any atom is 0.252 e. The molecule has 0 saturated heterocycles. The first-order valence-corrected chi connectivity index (χ1v) is 15.5. The molecule has 0 spiro atoms. The molecule has 0 N–H and O–H groups in total. The third-order valence-corrected chi connectivity index (χ3v) is 10.0. The minimum Gasteiger partial charge on any atom is -0.300 e. The molecule has 11 rings (SSSR count). The Balaban J connectivity index is 1.47. The monoisotopic (exact) mass is 570 g/mol. The van der Waals surface area contributed by atoms with Gasteiger partial charge < -0.3 is 0 Å². The van der Waals surface area contributed by atoms with Crippen molar-refractivity contribution in [2.24, 2.45) is 0 Å². The highest BCUT2D eigenvalue weighted by Gasteiger charge is 2.41. The summed E-state index contributed by atoms with van der Waals surface area (Å²) in [5, 5.41) is 4.98. The Hall–Kier alpha value is -5.94. The zero-order valence-corrected chi connectivity index (χ0v) is 24.1. The van der Waals surface area contributed by atoms with E-state index in [1.54, 1.807) is 0 Å². The molecule has 0 saturated carbocycles. The van der Waals surface area contributed by atoms with Gasteiger partial charge in [-0.25, -0.2) is 9.97 Å². The van der Waals surface area contributed by atoms with Gasteiger partial charge in [0.25, 0.3) is 6.71 Å². The van der Waals surface area contributed by atoms with Gasteiger partial charge >= 0.3 is 0 Å². The van der Waals surface area contributed by atoms with E-state index >= 15 is 0 Å². The number of imidazole rings is 2. The number of nitrogens with zero attached hydrogens (tertiary/aromatic N) is 4. The van der Waals surface area contributed by atoms with Crippen LogP contribution in [-0.4, -0.2) is 25.8 Å². The van der Waals surface area contributed by atoms with E-state index in [2.05, 4.69) is 137 Å². The maximum absolute atomic E-state index is 4.99. The van der Waals surface area contributed by atoms with Crippen molar-refractivity contribution >= 4 is 66.7 Å². The van der Waals surface area contributed by atoms with E-state index in [4.69, 9.17) is 9.97 Å². The first-order chi connectivity index (χ1) is 22.4. The lowest BCUT2D eigenvalue weighted by atomic mass is 9.34. The Labute approximate surface area is 258 Å². The Morgan fingerprint density at radius 3 is 1.71 bits per heavy atom. The minimum atomic E-state index is 0.0652. The molecule has 45 heavy (non-hydrogen) atoms. The summed E-state index contributed by atoms with van der Waals surface area (Å²) in [6.45, 7) is 0.0652. The lowest BCUT2D eigenvalue weighted by molar-refractivity contribution is 1.07. The van der Waals surface area contributed by atoms with Crippen molar-refractivity contribution in [3.05, 3.63) is 140 Å². The maximum atomic E-state index is 4.99. The zero-order chi connectivity index (χ0) is 29.2. The second-order valence-electron chi connectivity index (χ2n) is 12.2. The third kappa shape index (κ3) is 2.88. The quantitative estimate of drug-likeness (QED) is 0.164. The molecule has 4 heterocycles. The molecule has 0 aliphatic carbocycles. The lowest BCUT2D eigenvalue weighted by Gasteiger charge is -2.34. The third-order valence-electron chi connectivity index (χ3n) is 10.0. The number of benzene rings is 7. The van der Waals surface area contributed by atoms with Crippen LogP contribution in [0.2, 0.25) is 0 Å². The average Bonchev–Trinajstić information content (AvgIpc) is 3.74. The predicted molar refractivity (Wildman–Crippen MR) is 186 cm³/mol. The van der Waals surface area contributed by atoms with E-state index in [0.29, 0.717) is 0 Å². The van der Waals surface area contributed by atoms with Crippen LogP contribution in [0.15, 0.2) is 140 Å². The highest BCUT2D eigenvalue weighted by atomic mass is 15.1. The van der Waals surface area contributed by atoms with Crippen LogP contribution in [0.5, 0.6) is 0 Å². The molecule has 5 heteroatoms. The van der Waals surface area contributed by atoms with Gasteiger partial charge in [0.05, 0.1) is 27.8 Å². The molecule has 0 unspecified atom stereocenters. The van der Waals surface area contributed by atoms with E-state index in [9.17, 15) is 0 Å². The fourth-order valence-corrected chi connectivity index (χ4v) is 8.36. The van der Waals surface area contributed by atoms with Crippen molar-refractivity contribution in [1.82, 2.24) is 19.1 Å². The second-order valence-corrected chi connectivity index (χ2v) is 12.2. The molecular formula is C40H23BN4. The fraction of sp³-hybridized carbons (Fsp3) is 0. The van der Waals surface area contributed by atoms with Crippen LogP contribution in [0.25, 0.3) is 77.2 Å². The van der Waals surface area contributed by atoms with E-state index in [1.165, 1.54) is 82.6 Å². The van der Waals surface area contributed by atoms with Crippen LogP contribution in [0.3, 0.4) is 0 Å². The molecule has 0 amide bonds. The van der Waals surface area contributed by atoms with Crippen LogP contribution in [-0.2, 0) is 0 Å². The number of rotatable bonds is 2. The first kappa shape index (κ1) is 23.5. The smallest absolute Gasteiger partial charge is 0.252 e. The molecule has 0 fully saturated rings. The van der Waals surface area contributed by atoms with Crippen molar-refractivity contribution in [3.63, 3.8) is 0 Å². The Bertz CT molecular complexity index is 2700. The molecule has 0 bridgehead atoms. The molecule has 7 aromatic carbocycles. The van der Waals surface area contributed by atoms with Gasteiger partial charge in [0.15, 0.2) is 0 Å². The van der Waals surface area contributed by atoms with Crippen molar-refractivity contribution < 1.29 is 0 Å². The predicted octanol–water partition coefficient (Wildman–Crippen LogP) is 7.15. The average molecular weight is 570 g/mol. The van der Waals surface area contributed by atoms with Gasteiger partial charge in [-0.15, -0.1) is 0 Å². The van der Waals surface area contributed by atoms with Gasteiger partial charge in [-0.3, -0.25) is 9.13 Å². The summed E-state index contributed by atoms with van der Waals surface area (Å²) in [6.07, 6.45) is 4.05. The van der Waals surface area contributed by atoms with E-state index in [0.717, 1.165) is 11.0 Å². The highest BCUT2D eigenvalue weighted by molar-refractivity contribution is 7.00. The summed E-state index contributed by atoms with van der Waals surface area (Å²) in [5.74, 6) is 0. The lowest BCUT2D eigenvalue weighted by Crippen LogP contribution is -2.59. The summed E-state index contributed by atoms with van der Waals surface area (Å²) >= 11 is 0. The van der Waals surface area contributed by atoms with Crippen LogP contribution < -0.4 is 16.4 Å². The van der Waals surface area contributed by atoms with Crippen molar-refractivity contribution in [2.45, 2.75) is 0 Å². The molecule has 9 aromatic rings. The van der Waals surface area contributed by atoms with E-state index in [1.807, 2.05) is 12.7 Å². The van der Waals surface area contributed by atoms with Gasteiger partial charge in [0.2, 0.25) is 0 Å². The number of fused-ring (bicyclic) bond motifs is 7. The van der Waals surface area contributed by atoms with Crippen molar-refractivity contribution in [3.8, 4) is 33.6 Å². The van der Waals surface area contributed by atoms with E-state index in [-0.39, 0.29) is 6.71 Å². The van der Waals surface area contributed by atoms with Crippen LogP contribution in [0.4, 0.5) is 0 Å². The molecule has 2 aliphatic heterocycles. The largest absolute Gasteiger partial charge is 0.300 e. The molecule has 0 radical (unpaired) electrons. The number of aromatic nitrogens is 4. The standard InChI is InChI=1S/C40H23BN4/c1-3-11-24(12-4-1)34-26-15-7-8-16-27(26)35(25-13-5-2-6-14-25)36-28(34)21-33-37-40(36)45-23-43-32-20-10-18-30(39(32)45)41(37)29-17-9-19-31-38(29)44(33)22-42-31/h1-23H. The topological polar surface area (TPSA) is 35.6 Å². The number of para-hydroxylation sites is 2. The number of hydrogen-bond acceptors (Lipinski definition) is 2. The molecule has 4 nitrogen and oxygen atoms in total. The first-order valence-electron chi connectivity index (χ1n) is 15.5. The van der Waals surface area contributed by atoms with Crippen LogP contribution >= 0.6 is 0 Å². The van der Waals surface area contributed by atoms with Crippen LogP contribution in [0.1, 0.15) is 0 Å². The minimum absolute atomic E-state index is 0.0652. The molecular weight excluding hydrogens is 547 g/mol. The second kappa shape index (κ2) is 8.37. The van der Waals surface area contributed by atoms with Crippen LogP contribution in [0, 0.1) is 0 Å². The van der Waals surface area contributed by atoms with Crippen molar-refractivity contribution in [1.29, 1.82) is 0 Å². The van der Waals surface area contributed by atoms with Crippen molar-refractivity contribution in [2.75, 3.05) is 0 Å². The number of hydrogen-bond donors (Lipinski definition) is 0. The fourth-order valence-electron chi connectivity index (χ4n) is 8.36. The summed E-state index contributed by atoms with van der Waals surface area (Å²) in [7, 11) is 0. The summed E-state index contributed by atoms with van der Waals surface area (Å²) < 4.78 is 4.70. The zero-order valence-electron chi connectivity index (χ0n) is 24.1. The van der Waals surface area contributed by atoms with Gasteiger partial charge in [-0.05, 0) is 73.0 Å². The van der Waals surface area contributed by atoms with E-state index < -0.39 is 0 Å². The van der Waals surface area contributed by atoms with Gasteiger partial charge in [0.1, 0.15) is 12.7 Å². The highest BCUT2D eigenvalue weighted by Crippen LogP contribution is 2.47. The normalized spacial score (nSPS) is 12.8. The summed E-state index contributed by atoms with van der Waals surface area (Å²) in [4.78, 5) is 9.90. The molecule has 2 aromatic heterocycles. The SMILES string of the molecule is c1ccc(-c2c3ccccc3c(-c3ccccc3)c3c4c5c(cc23)-n2cnc3cccc(c32)B5c2cccc3ncn-4c23)cc1. The summed E-state index contributed by atoms with van der Waals surface area (Å²) in [5.41, 5.74) is 15.7. The molecule has 0 atom stereocenters. The van der Waals surface area contributed by atoms with Gasteiger partial charge in [0, 0.05) is 11.1 Å². The molecule has 206 valence electrons. The Kier molecular flexibility index (Phi) is 4.37. The van der Waals surface area contributed by atoms with Gasteiger partial charge in [-0.2, -0.15) is 0 Å². The summed E-state index contributed by atoms with van der Waals surface area (Å²) in [6, 6.07) is 46.3.